The molecule has 188 valence electrons. The SMILES string of the molecule is COc1cc2c(cc1C=C(C)C)-c1c(c(C(=O)NCCN3CCCOC3=O)nn1-c1ccsc1)CO2. The maximum atomic E-state index is 13.2. The van der Waals surface area contributed by atoms with Gasteiger partial charge in [-0.15, -0.1) is 0 Å². The molecule has 2 aromatic heterocycles. The number of benzene rings is 1. The second-order valence-corrected chi connectivity index (χ2v) is 9.66. The summed E-state index contributed by atoms with van der Waals surface area (Å²) in [6.07, 6.45) is 2.49. The Bertz CT molecular complexity index is 1320. The summed E-state index contributed by atoms with van der Waals surface area (Å²) in [5.74, 6) is 1.09. The van der Waals surface area contributed by atoms with Crippen LogP contribution < -0.4 is 14.8 Å². The molecule has 3 aromatic rings. The highest BCUT2D eigenvalue weighted by Gasteiger charge is 2.31. The number of ether oxygens (including phenoxy) is 3. The number of fused-ring (bicyclic) bond motifs is 3. The summed E-state index contributed by atoms with van der Waals surface area (Å²) >= 11 is 1.56. The van der Waals surface area contributed by atoms with Crippen LogP contribution >= 0.6 is 11.3 Å². The Morgan fingerprint density at radius 3 is 2.89 bits per heavy atom. The van der Waals surface area contributed by atoms with Crippen LogP contribution in [0.3, 0.4) is 0 Å². The largest absolute Gasteiger partial charge is 0.496 e. The van der Waals surface area contributed by atoms with Crippen molar-refractivity contribution < 1.29 is 23.8 Å². The van der Waals surface area contributed by atoms with Crippen molar-refractivity contribution in [1.82, 2.24) is 20.0 Å². The smallest absolute Gasteiger partial charge is 0.409 e. The molecule has 0 radical (unpaired) electrons. The van der Waals surface area contributed by atoms with Gasteiger partial charge >= 0.3 is 6.09 Å². The van der Waals surface area contributed by atoms with Crippen molar-refractivity contribution in [3.8, 4) is 28.4 Å². The van der Waals surface area contributed by atoms with E-state index in [0.29, 0.717) is 43.4 Å². The number of rotatable bonds is 7. The Kier molecular flexibility index (Phi) is 6.69. The van der Waals surface area contributed by atoms with Crippen LogP contribution in [0.2, 0.25) is 0 Å². The fourth-order valence-electron chi connectivity index (χ4n) is 4.43. The molecule has 36 heavy (non-hydrogen) atoms. The van der Waals surface area contributed by atoms with Crippen molar-refractivity contribution in [3.63, 3.8) is 0 Å². The van der Waals surface area contributed by atoms with Crippen molar-refractivity contribution in [2.75, 3.05) is 33.4 Å². The minimum atomic E-state index is -0.345. The number of nitrogens with one attached hydrogen (secondary N) is 1. The van der Waals surface area contributed by atoms with E-state index in [9.17, 15) is 9.59 Å². The molecule has 0 aliphatic carbocycles. The summed E-state index contributed by atoms with van der Waals surface area (Å²) in [5.41, 5.74) is 5.63. The molecule has 0 unspecified atom stereocenters. The number of methoxy groups -OCH3 is 1. The number of hydrogen-bond acceptors (Lipinski definition) is 7. The lowest BCUT2D eigenvalue weighted by atomic mass is 9.98. The first-order valence-electron chi connectivity index (χ1n) is 11.8. The number of allylic oxidation sites excluding steroid dienone is 1. The van der Waals surface area contributed by atoms with Crippen LogP contribution in [-0.2, 0) is 11.3 Å². The number of nitrogens with zero attached hydrogens (tertiary/aromatic N) is 3. The molecule has 1 saturated heterocycles. The Balaban J connectivity index is 1.50. The minimum Gasteiger partial charge on any atom is -0.496 e. The maximum Gasteiger partial charge on any atom is 0.409 e. The average Bonchev–Trinajstić information content (AvgIpc) is 3.52. The van der Waals surface area contributed by atoms with Gasteiger partial charge in [-0.1, -0.05) is 11.6 Å². The van der Waals surface area contributed by atoms with E-state index in [1.807, 2.05) is 47.5 Å². The lowest BCUT2D eigenvalue weighted by Gasteiger charge is -2.26. The van der Waals surface area contributed by atoms with Gasteiger partial charge in [0, 0.05) is 47.8 Å². The number of thiophene rings is 1. The molecule has 5 rings (SSSR count). The predicted octanol–water partition coefficient (Wildman–Crippen LogP) is 4.50. The van der Waals surface area contributed by atoms with Gasteiger partial charge in [-0.25, -0.2) is 9.48 Å². The number of amides is 2. The number of carbonyl (C=O) groups excluding carboxylic acids is 2. The fraction of sp³-hybridized carbons (Fsp3) is 0.346. The van der Waals surface area contributed by atoms with Gasteiger partial charge in [0.15, 0.2) is 5.69 Å². The number of cyclic esters (lactones) is 1. The van der Waals surface area contributed by atoms with E-state index in [2.05, 4.69) is 11.4 Å². The molecule has 2 amide bonds. The van der Waals surface area contributed by atoms with Crippen LogP contribution in [0.1, 0.15) is 41.9 Å². The summed E-state index contributed by atoms with van der Waals surface area (Å²) in [7, 11) is 1.64. The van der Waals surface area contributed by atoms with Gasteiger partial charge in [-0.2, -0.15) is 16.4 Å². The quantitative estimate of drug-likeness (QED) is 0.505. The molecule has 0 saturated carbocycles. The summed E-state index contributed by atoms with van der Waals surface area (Å²) in [6.45, 7) is 6.01. The molecule has 2 aliphatic rings. The van der Waals surface area contributed by atoms with Crippen LogP contribution in [0.5, 0.6) is 11.5 Å². The van der Waals surface area contributed by atoms with E-state index >= 15 is 0 Å². The second kappa shape index (κ2) is 10.1. The summed E-state index contributed by atoms with van der Waals surface area (Å²) in [5, 5.41) is 11.6. The molecule has 0 atom stereocenters. The Morgan fingerprint density at radius 1 is 1.31 bits per heavy atom. The van der Waals surface area contributed by atoms with E-state index in [1.165, 1.54) is 0 Å². The van der Waals surface area contributed by atoms with Crippen molar-refractivity contribution in [2.45, 2.75) is 26.9 Å². The minimum absolute atomic E-state index is 0.207. The van der Waals surface area contributed by atoms with Crippen LogP contribution in [0.25, 0.3) is 23.0 Å². The zero-order valence-corrected chi connectivity index (χ0v) is 21.3. The molecule has 10 heteroatoms. The lowest BCUT2D eigenvalue weighted by Crippen LogP contribution is -2.42. The monoisotopic (exact) mass is 508 g/mol. The van der Waals surface area contributed by atoms with E-state index in [4.69, 9.17) is 19.3 Å². The molecular weight excluding hydrogens is 480 g/mol. The van der Waals surface area contributed by atoms with Crippen LogP contribution in [0.15, 0.2) is 34.5 Å². The van der Waals surface area contributed by atoms with Gasteiger partial charge in [0.1, 0.15) is 18.1 Å². The standard InChI is InChI=1S/C26H28N4O5S/c1-16(2)11-17-12-19-22(13-21(17)33-3)35-14-20-23(28-30(24(19)20)18-5-10-36-15-18)25(31)27-6-8-29-7-4-9-34-26(29)32/h5,10-13,15H,4,6-9,14H2,1-3H3,(H,27,31). The van der Waals surface area contributed by atoms with E-state index in [1.54, 1.807) is 23.3 Å². The molecule has 2 aliphatic heterocycles. The second-order valence-electron chi connectivity index (χ2n) is 8.88. The molecule has 1 aromatic carbocycles. The van der Waals surface area contributed by atoms with Crippen LogP contribution in [0, 0.1) is 0 Å². The van der Waals surface area contributed by atoms with Gasteiger partial charge in [0.25, 0.3) is 5.91 Å². The average molecular weight is 509 g/mol. The Hall–Kier alpha value is -3.79. The highest BCUT2D eigenvalue weighted by molar-refractivity contribution is 7.08. The normalized spacial score (nSPS) is 14.3. The topological polar surface area (TPSA) is 94.9 Å². The molecule has 0 bridgehead atoms. The first kappa shape index (κ1) is 23.9. The zero-order valence-electron chi connectivity index (χ0n) is 20.5. The van der Waals surface area contributed by atoms with Gasteiger partial charge in [0.05, 0.1) is 25.1 Å². The fourth-order valence-corrected chi connectivity index (χ4v) is 5.05. The molecule has 0 spiro atoms. The van der Waals surface area contributed by atoms with E-state index in [0.717, 1.165) is 40.1 Å². The molecular formula is C26H28N4O5S. The highest BCUT2D eigenvalue weighted by atomic mass is 32.1. The third-order valence-electron chi connectivity index (χ3n) is 6.08. The molecule has 1 N–H and O–H groups in total. The highest BCUT2D eigenvalue weighted by Crippen LogP contribution is 2.44. The predicted molar refractivity (Wildman–Crippen MR) is 137 cm³/mol. The number of hydrogen-bond donors (Lipinski definition) is 1. The summed E-state index contributed by atoms with van der Waals surface area (Å²) in [6, 6.07) is 5.88. The van der Waals surface area contributed by atoms with Crippen molar-refractivity contribution in [3.05, 3.63) is 51.4 Å². The Labute approximate surface area is 213 Å². The first-order valence-corrected chi connectivity index (χ1v) is 12.7. The van der Waals surface area contributed by atoms with Crippen molar-refractivity contribution in [2.24, 2.45) is 0 Å². The number of aromatic nitrogens is 2. The first-order chi connectivity index (χ1) is 17.5. The van der Waals surface area contributed by atoms with Crippen molar-refractivity contribution in [1.29, 1.82) is 0 Å². The van der Waals surface area contributed by atoms with Gasteiger partial charge < -0.3 is 24.4 Å². The van der Waals surface area contributed by atoms with Crippen molar-refractivity contribution >= 4 is 29.4 Å². The summed E-state index contributed by atoms with van der Waals surface area (Å²) < 4.78 is 18.6. The maximum absolute atomic E-state index is 13.2. The summed E-state index contributed by atoms with van der Waals surface area (Å²) in [4.78, 5) is 26.7. The Morgan fingerprint density at radius 2 is 2.17 bits per heavy atom. The lowest BCUT2D eigenvalue weighted by molar-refractivity contribution is 0.0719. The van der Waals surface area contributed by atoms with E-state index < -0.39 is 0 Å². The molecule has 1 fully saturated rings. The third kappa shape index (κ3) is 4.56. The van der Waals surface area contributed by atoms with E-state index in [-0.39, 0.29) is 18.6 Å². The van der Waals surface area contributed by atoms with Gasteiger partial charge in [-0.3, -0.25) is 4.79 Å². The van der Waals surface area contributed by atoms with Crippen LogP contribution in [0.4, 0.5) is 4.79 Å². The molecule has 9 nitrogen and oxygen atoms in total. The molecule has 4 heterocycles. The third-order valence-corrected chi connectivity index (χ3v) is 6.75. The van der Waals surface area contributed by atoms with Gasteiger partial charge in [-0.05, 0) is 37.8 Å². The zero-order chi connectivity index (χ0) is 25.2. The number of carbonyl (C=O) groups is 2. The van der Waals surface area contributed by atoms with Gasteiger partial charge in [0.2, 0.25) is 0 Å². The van der Waals surface area contributed by atoms with Crippen LogP contribution in [-0.4, -0.2) is 60.0 Å².